The van der Waals surface area contributed by atoms with Gasteiger partial charge in [-0.2, -0.15) is 0 Å². The third-order valence-electron chi connectivity index (χ3n) is 13.4. The number of carbonyl (C=O) groups excluding carboxylic acids is 2. The molecule has 0 radical (unpaired) electrons. The minimum atomic E-state index is -0.784. The quantitative estimate of drug-likeness (QED) is 0.0373. The molecule has 1 unspecified atom stereocenters. The van der Waals surface area contributed by atoms with Crippen LogP contribution in [0.15, 0.2) is 134 Å². The number of aliphatic hydroxyl groups excluding tert-OH is 1. The molecule has 0 saturated heterocycles. The lowest BCUT2D eigenvalue weighted by atomic mass is 10.0. The molecule has 0 fully saturated rings. The number of aliphatic hydroxyl groups is 1. The number of allylic oxidation sites excluding steroid dienone is 22. The summed E-state index contributed by atoms with van der Waals surface area (Å²) in [4.78, 5) is 24.6. The zero-order valence-electron chi connectivity index (χ0n) is 49.5. The Balaban J connectivity index is 3.51. The van der Waals surface area contributed by atoms with E-state index in [-0.39, 0.29) is 25.2 Å². The van der Waals surface area contributed by atoms with E-state index in [1.54, 1.807) is 0 Å². The van der Waals surface area contributed by atoms with Crippen LogP contribution in [0.2, 0.25) is 0 Å². The summed E-state index contributed by atoms with van der Waals surface area (Å²) in [7, 11) is 0. The molecule has 5 nitrogen and oxygen atoms in total. The standard InChI is InChI=1S/C71H118O5/c1-3-5-7-9-11-13-15-17-19-21-23-25-27-29-31-33-35-37-39-41-43-45-47-49-51-53-55-57-59-61-63-65-70(73)75-68-69(67-72)76-71(74)66-64-62-60-58-56-54-52-50-48-46-44-42-40-38-36-34-32-30-28-26-24-22-20-18-16-14-12-10-8-6-4-2/h5-8,11-14,17-20,23-26,30,32,36,38,42,44,69,72H,3-4,9-10,15-16,21-22,27-29,31,33-35,37,39-41,43,45-68H2,1-2H3/b7-5-,8-6-,13-11-,14-12-,19-17-,20-18-,25-23-,26-24-,32-30-,38-36-,44-42-. The molecule has 1 N–H and O–H groups in total. The van der Waals surface area contributed by atoms with Gasteiger partial charge in [-0.05, 0) is 109 Å². The van der Waals surface area contributed by atoms with E-state index in [9.17, 15) is 14.7 Å². The molecule has 0 aliphatic carbocycles. The Morgan fingerprint density at radius 1 is 0.303 bits per heavy atom. The first-order valence-corrected chi connectivity index (χ1v) is 31.7. The molecule has 0 aliphatic heterocycles. The van der Waals surface area contributed by atoms with Crippen molar-refractivity contribution < 1.29 is 24.2 Å². The van der Waals surface area contributed by atoms with Crippen LogP contribution in [0.3, 0.4) is 0 Å². The summed E-state index contributed by atoms with van der Waals surface area (Å²) in [5.74, 6) is -0.596. The van der Waals surface area contributed by atoms with Gasteiger partial charge in [-0.25, -0.2) is 0 Å². The van der Waals surface area contributed by atoms with Crippen LogP contribution < -0.4 is 0 Å². The summed E-state index contributed by atoms with van der Waals surface area (Å²) in [5.41, 5.74) is 0. The summed E-state index contributed by atoms with van der Waals surface area (Å²) in [6, 6.07) is 0. The van der Waals surface area contributed by atoms with Crippen molar-refractivity contribution in [2.24, 2.45) is 0 Å². The second kappa shape index (κ2) is 65.3. The molecule has 1 atom stereocenters. The van der Waals surface area contributed by atoms with Gasteiger partial charge in [-0.3, -0.25) is 9.59 Å². The molecule has 0 spiro atoms. The largest absolute Gasteiger partial charge is 0.462 e. The minimum absolute atomic E-state index is 0.0731. The smallest absolute Gasteiger partial charge is 0.306 e. The fraction of sp³-hybridized carbons (Fsp3) is 0.662. The van der Waals surface area contributed by atoms with Crippen molar-refractivity contribution in [2.75, 3.05) is 13.2 Å². The molecule has 0 bridgehead atoms. The molecule has 0 heterocycles. The molecule has 0 saturated carbocycles. The van der Waals surface area contributed by atoms with Crippen molar-refractivity contribution >= 4 is 11.9 Å². The summed E-state index contributed by atoms with van der Waals surface area (Å²) in [6.07, 6.45) is 97.3. The van der Waals surface area contributed by atoms with E-state index in [1.807, 2.05) is 0 Å². The van der Waals surface area contributed by atoms with E-state index < -0.39 is 6.10 Å². The van der Waals surface area contributed by atoms with Crippen LogP contribution in [0.25, 0.3) is 0 Å². The van der Waals surface area contributed by atoms with Crippen LogP contribution in [0, 0.1) is 0 Å². The molecular weight excluding hydrogens is 933 g/mol. The highest BCUT2D eigenvalue weighted by atomic mass is 16.6. The minimum Gasteiger partial charge on any atom is -0.462 e. The van der Waals surface area contributed by atoms with Crippen molar-refractivity contribution in [3.63, 3.8) is 0 Å². The van der Waals surface area contributed by atoms with Crippen LogP contribution in [-0.2, 0) is 19.1 Å². The molecule has 0 rings (SSSR count). The van der Waals surface area contributed by atoms with Crippen molar-refractivity contribution in [2.45, 2.75) is 290 Å². The van der Waals surface area contributed by atoms with Crippen LogP contribution in [-0.4, -0.2) is 36.4 Å². The number of carbonyl (C=O) groups is 2. The topological polar surface area (TPSA) is 72.8 Å². The maximum absolute atomic E-state index is 12.3. The number of hydrogen-bond acceptors (Lipinski definition) is 5. The van der Waals surface area contributed by atoms with Crippen LogP contribution in [0.5, 0.6) is 0 Å². The number of hydrogen-bond donors (Lipinski definition) is 1. The third kappa shape index (κ3) is 62.6. The maximum atomic E-state index is 12.3. The first-order chi connectivity index (χ1) is 37.6. The monoisotopic (exact) mass is 1050 g/mol. The Hall–Kier alpha value is -3.96. The van der Waals surface area contributed by atoms with E-state index in [2.05, 4.69) is 148 Å². The van der Waals surface area contributed by atoms with E-state index in [0.717, 1.165) is 116 Å². The lowest BCUT2D eigenvalue weighted by Crippen LogP contribution is -2.28. The normalized spacial score (nSPS) is 13.1. The summed E-state index contributed by atoms with van der Waals surface area (Å²) < 4.78 is 10.7. The van der Waals surface area contributed by atoms with Gasteiger partial charge < -0.3 is 14.6 Å². The van der Waals surface area contributed by atoms with Gasteiger partial charge in [0.2, 0.25) is 0 Å². The van der Waals surface area contributed by atoms with Gasteiger partial charge in [-0.1, -0.05) is 295 Å². The molecule has 0 aromatic rings. The van der Waals surface area contributed by atoms with Gasteiger partial charge in [0.1, 0.15) is 6.61 Å². The van der Waals surface area contributed by atoms with E-state index in [4.69, 9.17) is 9.47 Å². The van der Waals surface area contributed by atoms with Gasteiger partial charge in [0.15, 0.2) is 6.10 Å². The lowest BCUT2D eigenvalue weighted by Gasteiger charge is -2.15. The highest BCUT2D eigenvalue weighted by molar-refractivity contribution is 5.70. The van der Waals surface area contributed by atoms with Gasteiger partial charge in [0.05, 0.1) is 6.61 Å². The first-order valence-electron chi connectivity index (χ1n) is 31.7. The molecule has 0 aliphatic rings. The Labute approximate surface area is 470 Å². The fourth-order valence-corrected chi connectivity index (χ4v) is 8.76. The molecular formula is C71H118O5. The molecule has 5 heteroatoms. The Morgan fingerprint density at radius 2 is 0.526 bits per heavy atom. The fourth-order valence-electron chi connectivity index (χ4n) is 8.76. The van der Waals surface area contributed by atoms with Crippen LogP contribution >= 0.6 is 0 Å². The first kappa shape index (κ1) is 72.0. The molecule has 432 valence electrons. The maximum Gasteiger partial charge on any atom is 0.306 e. The van der Waals surface area contributed by atoms with E-state index in [0.29, 0.717) is 12.8 Å². The molecule has 0 aromatic carbocycles. The summed E-state index contributed by atoms with van der Waals surface area (Å²) >= 11 is 0. The van der Waals surface area contributed by atoms with Crippen molar-refractivity contribution in [3.8, 4) is 0 Å². The van der Waals surface area contributed by atoms with Gasteiger partial charge in [-0.15, -0.1) is 0 Å². The number of esters is 2. The summed E-state index contributed by atoms with van der Waals surface area (Å²) in [6.45, 7) is 3.92. The highest BCUT2D eigenvalue weighted by Crippen LogP contribution is 2.16. The number of ether oxygens (including phenoxy) is 2. The second-order valence-corrected chi connectivity index (χ2v) is 20.7. The second-order valence-electron chi connectivity index (χ2n) is 20.7. The van der Waals surface area contributed by atoms with Gasteiger partial charge in [0.25, 0.3) is 0 Å². The Bertz CT molecular complexity index is 1570. The zero-order chi connectivity index (χ0) is 54.8. The third-order valence-corrected chi connectivity index (χ3v) is 13.4. The van der Waals surface area contributed by atoms with Gasteiger partial charge >= 0.3 is 11.9 Å². The summed E-state index contributed by atoms with van der Waals surface area (Å²) in [5, 5.41) is 9.69. The average Bonchev–Trinajstić information content (AvgIpc) is 3.42. The predicted molar refractivity (Wildman–Crippen MR) is 334 cm³/mol. The van der Waals surface area contributed by atoms with E-state index >= 15 is 0 Å². The Kier molecular flexibility index (Phi) is 61.9. The van der Waals surface area contributed by atoms with E-state index in [1.165, 1.54) is 141 Å². The molecule has 76 heavy (non-hydrogen) atoms. The number of rotatable bonds is 57. The van der Waals surface area contributed by atoms with Crippen LogP contribution in [0.1, 0.15) is 284 Å². The predicted octanol–water partition coefficient (Wildman–Crippen LogP) is 22.0. The lowest BCUT2D eigenvalue weighted by molar-refractivity contribution is -0.161. The van der Waals surface area contributed by atoms with Crippen LogP contribution in [0.4, 0.5) is 0 Å². The van der Waals surface area contributed by atoms with Crippen molar-refractivity contribution in [1.29, 1.82) is 0 Å². The van der Waals surface area contributed by atoms with Crippen molar-refractivity contribution in [3.05, 3.63) is 134 Å². The molecule has 0 aromatic heterocycles. The SMILES string of the molecule is CC/C=C\C/C=C\C/C=C\C/C=C\C/C=C\C/C=C\C/C=C\CCCCCCCCCCCC(=O)OC(CO)COC(=O)CCCCCCCCCCCCCCCCCCCC/C=C\C/C=C\C/C=C\C/C=C\CC. The van der Waals surface area contributed by atoms with Gasteiger partial charge in [0, 0.05) is 12.8 Å². The van der Waals surface area contributed by atoms with Crippen molar-refractivity contribution in [1.82, 2.24) is 0 Å². The Morgan fingerprint density at radius 3 is 0.789 bits per heavy atom. The average molecular weight is 1050 g/mol. The number of unbranched alkanes of at least 4 members (excludes halogenated alkanes) is 27. The highest BCUT2D eigenvalue weighted by Gasteiger charge is 2.16. The zero-order valence-corrected chi connectivity index (χ0v) is 49.5. The molecule has 0 amide bonds.